The first-order chi connectivity index (χ1) is 5.67. The van der Waals surface area contributed by atoms with Gasteiger partial charge in [0, 0.05) is 4.91 Å². The van der Waals surface area contributed by atoms with Crippen molar-refractivity contribution in [2.75, 3.05) is 0 Å². The third-order valence-electron chi connectivity index (χ3n) is 1.77. The molecule has 3 heteroatoms. The Labute approximate surface area is 71.7 Å². The number of nitrogens with zero attached hydrogens (tertiary/aromatic N) is 3. The van der Waals surface area contributed by atoms with Gasteiger partial charge >= 0.3 is 0 Å². The van der Waals surface area contributed by atoms with E-state index in [0.717, 1.165) is 5.56 Å². The molecule has 1 rings (SSSR count). The van der Waals surface area contributed by atoms with Gasteiger partial charge in [0.1, 0.15) is 0 Å². The molecule has 0 N–H and O–H groups in total. The van der Waals surface area contributed by atoms with E-state index >= 15 is 0 Å². The molecule has 0 atom stereocenters. The lowest BCUT2D eigenvalue weighted by Gasteiger charge is -2.17. The van der Waals surface area contributed by atoms with Crippen LogP contribution in [0.3, 0.4) is 0 Å². The summed E-state index contributed by atoms with van der Waals surface area (Å²) in [5, 5.41) is 3.71. The second-order valence-corrected chi connectivity index (χ2v) is 3.11. The lowest BCUT2D eigenvalue weighted by Crippen LogP contribution is -2.11. The molecule has 0 saturated heterocycles. The molecule has 62 valence electrons. The lowest BCUT2D eigenvalue weighted by molar-refractivity contribution is 0.550. The highest BCUT2D eigenvalue weighted by molar-refractivity contribution is 5.22. The van der Waals surface area contributed by atoms with Crippen molar-refractivity contribution in [2.45, 2.75) is 19.4 Å². The minimum Gasteiger partial charge on any atom is -0.0831 e. The Morgan fingerprint density at radius 3 is 2.33 bits per heavy atom. The molecule has 0 bridgehead atoms. The van der Waals surface area contributed by atoms with Gasteiger partial charge in [-0.25, -0.2) is 0 Å². The third-order valence-corrected chi connectivity index (χ3v) is 1.77. The molecule has 3 nitrogen and oxygen atoms in total. The van der Waals surface area contributed by atoms with Crippen molar-refractivity contribution in [3.63, 3.8) is 0 Å². The fourth-order valence-electron chi connectivity index (χ4n) is 1.02. The molecule has 0 aliphatic heterocycles. The van der Waals surface area contributed by atoms with Gasteiger partial charge in [-0.1, -0.05) is 49.3 Å². The Kier molecular flexibility index (Phi) is 2.36. The highest BCUT2D eigenvalue weighted by atomic mass is 15.2. The standard InChI is InChI=1S/C9H11N3/c1-9(2,11-12-10)8-6-4-3-5-7-8/h3-7H,1-2H3. The molecule has 0 saturated carbocycles. The van der Waals surface area contributed by atoms with Crippen molar-refractivity contribution < 1.29 is 0 Å². The van der Waals surface area contributed by atoms with Crippen LogP contribution >= 0.6 is 0 Å². The van der Waals surface area contributed by atoms with Crippen LogP contribution in [0.4, 0.5) is 0 Å². The van der Waals surface area contributed by atoms with Gasteiger partial charge in [0.05, 0.1) is 5.54 Å². The highest BCUT2D eigenvalue weighted by Gasteiger charge is 2.17. The second-order valence-electron chi connectivity index (χ2n) is 3.11. The minimum absolute atomic E-state index is 0.448. The van der Waals surface area contributed by atoms with Crippen molar-refractivity contribution in [3.8, 4) is 0 Å². The van der Waals surface area contributed by atoms with E-state index in [1.54, 1.807) is 0 Å². The molecular weight excluding hydrogens is 150 g/mol. The fraction of sp³-hybridized carbons (Fsp3) is 0.333. The maximum absolute atomic E-state index is 8.32. The Morgan fingerprint density at radius 1 is 1.25 bits per heavy atom. The van der Waals surface area contributed by atoms with Crippen LogP contribution in [0, 0.1) is 0 Å². The molecule has 0 unspecified atom stereocenters. The molecule has 0 aliphatic rings. The summed E-state index contributed by atoms with van der Waals surface area (Å²) >= 11 is 0. The first-order valence-corrected chi connectivity index (χ1v) is 3.78. The van der Waals surface area contributed by atoms with Crippen molar-refractivity contribution >= 4 is 0 Å². The summed E-state index contributed by atoms with van der Waals surface area (Å²) in [6.07, 6.45) is 0. The largest absolute Gasteiger partial charge is 0.0831 e. The Morgan fingerprint density at radius 2 is 1.83 bits per heavy atom. The third kappa shape index (κ3) is 1.77. The molecule has 0 aliphatic carbocycles. The van der Waals surface area contributed by atoms with E-state index in [1.165, 1.54) is 0 Å². The van der Waals surface area contributed by atoms with Crippen molar-refractivity contribution in [3.05, 3.63) is 46.3 Å². The Balaban J connectivity index is 3.05. The molecule has 0 fully saturated rings. The predicted molar refractivity (Wildman–Crippen MR) is 48.6 cm³/mol. The van der Waals surface area contributed by atoms with Gasteiger partial charge in [-0.3, -0.25) is 0 Å². The first-order valence-electron chi connectivity index (χ1n) is 3.78. The van der Waals surface area contributed by atoms with Crippen LogP contribution in [-0.2, 0) is 5.54 Å². The smallest absolute Gasteiger partial charge is 0.0681 e. The predicted octanol–water partition coefficient (Wildman–Crippen LogP) is 3.23. The van der Waals surface area contributed by atoms with Gasteiger partial charge in [0.2, 0.25) is 0 Å². The van der Waals surface area contributed by atoms with Crippen molar-refractivity contribution in [1.29, 1.82) is 0 Å². The quantitative estimate of drug-likeness (QED) is 0.363. The summed E-state index contributed by atoms with van der Waals surface area (Å²) in [6, 6.07) is 9.72. The summed E-state index contributed by atoms with van der Waals surface area (Å²) in [5.41, 5.74) is 8.90. The van der Waals surface area contributed by atoms with E-state index < -0.39 is 5.54 Å². The van der Waals surface area contributed by atoms with Crippen LogP contribution in [-0.4, -0.2) is 0 Å². The SMILES string of the molecule is CC(C)(N=[N+]=[N-])c1ccccc1. The van der Waals surface area contributed by atoms with Crippen LogP contribution in [0.5, 0.6) is 0 Å². The van der Waals surface area contributed by atoms with Gasteiger partial charge in [-0.2, -0.15) is 0 Å². The summed E-state index contributed by atoms with van der Waals surface area (Å²) < 4.78 is 0. The summed E-state index contributed by atoms with van der Waals surface area (Å²) in [4.78, 5) is 2.81. The molecule has 0 radical (unpaired) electrons. The van der Waals surface area contributed by atoms with Crippen molar-refractivity contribution in [2.24, 2.45) is 5.11 Å². The van der Waals surface area contributed by atoms with Crippen LogP contribution in [0.2, 0.25) is 0 Å². The van der Waals surface area contributed by atoms with Crippen LogP contribution in [0.15, 0.2) is 35.4 Å². The molecule has 12 heavy (non-hydrogen) atoms. The summed E-state index contributed by atoms with van der Waals surface area (Å²) in [5.74, 6) is 0. The number of hydrogen-bond donors (Lipinski definition) is 0. The molecule has 1 aromatic carbocycles. The molecule has 0 amide bonds. The normalized spacial score (nSPS) is 10.5. The number of rotatable bonds is 2. The maximum atomic E-state index is 8.32. The van der Waals surface area contributed by atoms with Crippen LogP contribution in [0.25, 0.3) is 10.4 Å². The van der Waals surface area contributed by atoms with Gasteiger partial charge < -0.3 is 0 Å². The fourth-order valence-corrected chi connectivity index (χ4v) is 1.02. The zero-order chi connectivity index (χ0) is 9.03. The molecule has 0 spiro atoms. The monoisotopic (exact) mass is 161 g/mol. The van der Waals surface area contributed by atoms with E-state index in [1.807, 2.05) is 44.2 Å². The lowest BCUT2D eigenvalue weighted by atomic mass is 9.96. The highest BCUT2D eigenvalue weighted by Crippen LogP contribution is 2.23. The van der Waals surface area contributed by atoms with E-state index in [-0.39, 0.29) is 0 Å². The topological polar surface area (TPSA) is 48.8 Å². The number of azide groups is 1. The maximum Gasteiger partial charge on any atom is 0.0681 e. The number of benzene rings is 1. The van der Waals surface area contributed by atoms with E-state index in [2.05, 4.69) is 10.0 Å². The Hall–Kier alpha value is -1.47. The molecule has 0 aromatic heterocycles. The van der Waals surface area contributed by atoms with Gasteiger partial charge in [-0.05, 0) is 11.1 Å². The van der Waals surface area contributed by atoms with E-state index in [4.69, 9.17) is 5.53 Å². The van der Waals surface area contributed by atoms with Crippen molar-refractivity contribution in [1.82, 2.24) is 0 Å². The van der Waals surface area contributed by atoms with Gasteiger partial charge in [0.25, 0.3) is 0 Å². The first kappa shape index (κ1) is 8.62. The summed E-state index contributed by atoms with van der Waals surface area (Å²) in [7, 11) is 0. The van der Waals surface area contributed by atoms with Gasteiger partial charge in [0.15, 0.2) is 0 Å². The average molecular weight is 161 g/mol. The molecule has 0 heterocycles. The molecular formula is C9H11N3. The minimum atomic E-state index is -0.448. The average Bonchev–Trinajstić information content (AvgIpc) is 2.06. The molecule has 1 aromatic rings. The zero-order valence-electron chi connectivity index (χ0n) is 7.23. The van der Waals surface area contributed by atoms with E-state index in [9.17, 15) is 0 Å². The van der Waals surface area contributed by atoms with Gasteiger partial charge in [-0.15, -0.1) is 0 Å². The van der Waals surface area contributed by atoms with Crippen LogP contribution < -0.4 is 0 Å². The zero-order valence-corrected chi connectivity index (χ0v) is 7.23. The van der Waals surface area contributed by atoms with Crippen LogP contribution in [0.1, 0.15) is 19.4 Å². The Bertz CT molecular complexity index is 297. The summed E-state index contributed by atoms with van der Waals surface area (Å²) in [6.45, 7) is 3.78. The second kappa shape index (κ2) is 3.28. The van der Waals surface area contributed by atoms with E-state index in [0.29, 0.717) is 0 Å². The number of hydrogen-bond acceptors (Lipinski definition) is 1.